The van der Waals surface area contributed by atoms with Gasteiger partial charge in [-0.2, -0.15) is 4.31 Å². The normalized spacial score (nSPS) is 19.3. The number of benzene rings is 2. The second-order valence-corrected chi connectivity index (χ2v) is 9.90. The molecule has 2 aromatic carbocycles. The molecule has 0 N–H and O–H groups in total. The van der Waals surface area contributed by atoms with Gasteiger partial charge in [0, 0.05) is 39.3 Å². The lowest BCUT2D eigenvalue weighted by Crippen LogP contribution is -2.52. The molecule has 2 aromatic rings. The Hall–Kier alpha value is -2.42. The van der Waals surface area contributed by atoms with E-state index in [4.69, 9.17) is 4.74 Å². The van der Waals surface area contributed by atoms with E-state index >= 15 is 0 Å². The van der Waals surface area contributed by atoms with Gasteiger partial charge in [0.05, 0.1) is 12.0 Å². The van der Waals surface area contributed by atoms with Gasteiger partial charge in [-0.1, -0.05) is 30.3 Å². The van der Waals surface area contributed by atoms with E-state index in [1.165, 1.54) is 4.31 Å². The van der Waals surface area contributed by atoms with E-state index in [1.54, 1.807) is 31.4 Å². The van der Waals surface area contributed by atoms with Gasteiger partial charge >= 0.3 is 0 Å². The number of ether oxygens (including phenoxy) is 1. The van der Waals surface area contributed by atoms with Gasteiger partial charge in [-0.15, -0.1) is 0 Å². The zero-order valence-corrected chi connectivity index (χ0v) is 18.6. The van der Waals surface area contributed by atoms with Gasteiger partial charge in [0.1, 0.15) is 11.8 Å². The standard InChI is InChI=1S/C23H29N3O4S/c1-30-20-9-11-21(12-10-20)31(28,29)26-17-15-24(16-18-26)22(19-7-3-2-4-8-19)23(27)25-13-5-6-14-25/h2-4,7-12,22H,5-6,13-18H2,1H3. The van der Waals surface area contributed by atoms with Crippen LogP contribution in [0.5, 0.6) is 5.75 Å². The fourth-order valence-electron chi connectivity index (χ4n) is 4.35. The van der Waals surface area contributed by atoms with E-state index in [0.717, 1.165) is 31.5 Å². The molecule has 2 aliphatic rings. The summed E-state index contributed by atoms with van der Waals surface area (Å²) in [4.78, 5) is 17.7. The molecule has 2 fully saturated rings. The number of carbonyl (C=O) groups excluding carboxylic acids is 1. The Morgan fingerprint density at radius 2 is 1.48 bits per heavy atom. The van der Waals surface area contributed by atoms with Crippen LogP contribution in [0.3, 0.4) is 0 Å². The molecule has 1 unspecified atom stereocenters. The van der Waals surface area contributed by atoms with Crippen molar-refractivity contribution in [3.8, 4) is 5.75 Å². The van der Waals surface area contributed by atoms with Crippen LogP contribution in [0.25, 0.3) is 0 Å². The molecule has 166 valence electrons. The zero-order valence-electron chi connectivity index (χ0n) is 17.8. The third-order valence-electron chi connectivity index (χ3n) is 6.10. The molecule has 0 bridgehead atoms. The molecule has 0 spiro atoms. The molecular formula is C23H29N3O4S. The average molecular weight is 444 g/mol. The Labute approximate surface area is 184 Å². The summed E-state index contributed by atoms with van der Waals surface area (Å²) in [5.74, 6) is 0.741. The summed E-state index contributed by atoms with van der Waals surface area (Å²) in [6.07, 6.45) is 2.09. The molecule has 0 saturated carbocycles. The van der Waals surface area contributed by atoms with Crippen molar-refractivity contribution in [3.63, 3.8) is 0 Å². The molecule has 1 amide bonds. The molecule has 2 saturated heterocycles. The monoisotopic (exact) mass is 443 g/mol. The predicted octanol–water partition coefficient (Wildman–Crippen LogP) is 2.37. The van der Waals surface area contributed by atoms with Crippen LogP contribution in [-0.4, -0.2) is 74.8 Å². The van der Waals surface area contributed by atoms with Crippen LogP contribution in [0.1, 0.15) is 24.4 Å². The van der Waals surface area contributed by atoms with Crippen molar-refractivity contribution >= 4 is 15.9 Å². The average Bonchev–Trinajstić information content (AvgIpc) is 3.35. The summed E-state index contributed by atoms with van der Waals surface area (Å²) in [5, 5.41) is 0. The van der Waals surface area contributed by atoms with Gasteiger partial charge in [0.2, 0.25) is 15.9 Å². The molecule has 7 nitrogen and oxygen atoms in total. The fourth-order valence-corrected chi connectivity index (χ4v) is 5.78. The van der Waals surface area contributed by atoms with Crippen LogP contribution in [-0.2, 0) is 14.8 Å². The van der Waals surface area contributed by atoms with Gasteiger partial charge in [-0.05, 0) is 42.7 Å². The van der Waals surface area contributed by atoms with E-state index in [9.17, 15) is 13.2 Å². The Morgan fingerprint density at radius 3 is 2.06 bits per heavy atom. The maximum absolute atomic E-state index is 13.3. The van der Waals surface area contributed by atoms with E-state index in [-0.39, 0.29) is 16.8 Å². The summed E-state index contributed by atoms with van der Waals surface area (Å²) in [7, 11) is -2.03. The SMILES string of the molecule is COc1ccc(S(=O)(=O)N2CCN(C(C(=O)N3CCCC3)c3ccccc3)CC2)cc1. The molecule has 1 atom stereocenters. The Morgan fingerprint density at radius 1 is 0.871 bits per heavy atom. The number of sulfonamides is 1. The Bertz CT molecular complexity index is 981. The van der Waals surface area contributed by atoms with Crippen molar-refractivity contribution in [3.05, 3.63) is 60.2 Å². The van der Waals surface area contributed by atoms with Crippen LogP contribution in [0.15, 0.2) is 59.5 Å². The topological polar surface area (TPSA) is 70.2 Å². The van der Waals surface area contributed by atoms with Gasteiger partial charge < -0.3 is 9.64 Å². The smallest absolute Gasteiger partial charge is 0.244 e. The highest BCUT2D eigenvalue weighted by atomic mass is 32.2. The number of carbonyl (C=O) groups is 1. The summed E-state index contributed by atoms with van der Waals surface area (Å²) in [5.41, 5.74) is 0.964. The zero-order chi connectivity index (χ0) is 21.8. The van der Waals surface area contributed by atoms with E-state index < -0.39 is 10.0 Å². The molecule has 4 rings (SSSR count). The summed E-state index contributed by atoms with van der Waals surface area (Å²) in [6.45, 7) is 3.32. The molecule has 0 aliphatic carbocycles. The number of piperazine rings is 1. The van der Waals surface area contributed by atoms with Crippen LogP contribution in [0, 0.1) is 0 Å². The van der Waals surface area contributed by atoms with Crippen LogP contribution in [0.2, 0.25) is 0 Å². The summed E-state index contributed by atoms with van der Waals surface area (Å²) < 4.78 is 32.8. The Balaban J connectivity index is 1.50. The minimum Gasteiger partial charge on any atom is -0.497 e. The van der Waals surface area contributed by atoms with Crippen molar-refractivity contribution in [2.24, 2.45) is 0 Å². The number of likely N-dealkylation sites (tertiary alicyclic amines) is 1. The number of methoxy groups -OCH3 is 1. The van der Waals surface area contributed by atoms with Crippen molar-refractivity contribution < 1.29 is 17.9 Å². The first-order valence-corrected chi connectivity index (χ1v) is 12.2. The number of rotatable bonds is 6. The highest BCUT2D eigenvalue weighted by molar-refractivity contribution is 7.89. The van der Waals surface area contributed by atoms with E-state index in [0.29, 0.717) is 31.9 Å². The number of amides is 1. The lowest BCUT2D eigenvalue weighted by atomic mass is 10.0. The highest BCUT2D eigenvalue weighted by Crippen LogP contribution is 2.28. The second-order valence-electron chi connectivity index (χ2n) is 7.96. The van der Waals surface area contributed by atoms with Crippen LogP contribution < -0.4 is 4.74 Å². The maximum atomic E-state index is 13.3. The second kappa shape index (κ2) is 9.38. The van der Waals surface area contributed by atoms with Crippen molar-refractivity contribution in [1.82, 2.24) is 14.1 Å². The molecule has 2 aliphatic heterocycles. The van der Waals surface area contributed by atoms with Crippen molar-refractivity contribution in [1.29, 1.82) is 0 Å². The molecule has 0 aromatic heterocycles. The number of nitrogens with zero attached hydrogens (tertiary/aromatic N) is 3. The lowest BCUT2D eigenvalue weighted by Gasteiger charge is -2.39. The minimum atomic E-state index is -3.58. The van der Waals surface area contributed by atoms with E-state index in [1.807, 2.05) is 35.2 Å². The minimum absolute atomic E-state index is 0.121. The third-order valence-corrected chi connectivity index (χ3v) is 8.02. The first-order chi connectivity index (χ1) is 15.0. The fraction of sp³-hybridized carbons (Fsp3) is 0.435. The molecule has 8 heteroatoms. The van der Waals surface area contributed by atoms with Gasteiger partial charge in [0.25, 0.3) is 0 Å². The van der Waals surface area contributed by atoms with Crippen molar-refractivity contribution in [2.45, 2.75) is 23.8 Å². The van der Waals surface area contributed by atoms with Gasteiger partial charge in [-0.3, -0.25) is 9.69 Å². The first-order valence-electron chi connectivity index (χ1n) is 10.7. The molecule has 0 radical (unpaired) electrons. The molecule has 31 heavy (non-hydrogen) atoms. The van der Waals surface area contributed by atoms with Crippen LogP contribution >= 0.6 is 0 Å². The first kappa shape index (κ1) is 21.8. The molecular weight excluding hydrogens is 414 g/mol. The third kappa shape index (κ3) is 4.61. The van der Waals surface area contributed by atoms with E-state index in [2.05, 4.69) is 4.90 Å². The molecule has 2 heterocycles. The van der Waals surface area contributed by atoms with Gasteiger partial charge in [0.15, 0.2) is 0 Å². The quantitative estimate of drug-likeness (QED) is 0.686. The highest BCUT2D eigenvalue weighted by Gasteiger charge is 2.36. The predicted molar refractivity (Wildman–Crippen MR) is 118 cm³/mol. The lowest BCUT2D eigenvalue weighted by molar-refractivity contribution is -0.136. The largest absolute Gasteiger partial charge is 0.497 e. The van der Waals surface area contributed by atoms with Crippen molar-refractivity contribution in [2.75, 3.05) is 46.4 Å². The van der Waals surface area contributed by atoms with Gasteiger partial charge in [-0.25, -0.2) is 8.42 Å². The Kier molecular flexibility index (Phi) is 6.60. The van der Waals surface area contributed by atoms with Crippen LogP contribution in [0.4, 0.5) is 0 Å². The summed E-state index contributed by atoms with van der Waals surface area (Å²) >= 11 is 0. The number of hydrogen-bond acceptors (Lipinski definition) is 5. The number of hydrogen-bond donors (Lipinski definition) is 0. The summed E-state index contributed by atoms with van der Waals surface area (Å²) in [6, 6.07) is 15.9. The maximum Gasteiger partial charge on any atom is 0.244 e.